The molecule has 7 nitrogen and oxygen atoms in total. The first kappa shape index (κ1) is 20.9. The Labute approximate surface area is 170 Å². The summed E-state index contributed by atoms with van der Waals surface area (Å²) in [7, 11) is 0. The van der Waals surface area contributed by atoms with Crippen molar-refractivity contribution in [2.45, 2.75) is 26.2 Å². The first-order valence-electron chi connectivity index (χ1n) is 10.00. The number of halogens is 1. The third-order valence-corrected chi connectivity index (χ3v) is 5.08. The molecule has 0 aliphatic carbocycles. The lowest BCUT2D eigenvalue weighted by Gasteiger charge is -2.36. The molecule has 8 heteroatoms. The van der Waals surface area contributed by atoms with Crippen LogP contribution in [-0.2, 0) is 0 Å². The molecular weight excluding hydrogens is 373 g/mol. The lowest BCUT2D eigenvalue weighted by Crippen LogP contribution is -2.46. The highest BCUT2D eigenvalue weighted by Gasteiger charge is 2.17. The molecule has 1 heterocycles. The number of rotatable bonds is 8. The highest BCUT2D eigenvalue weighted by molar-refractivity contribution is 5.54. The average molecular weight is 399 g/mol. The third kappa shape index (κ3) is 5.80. The SMILES string of the molecule is CCCCCN1CCN(c2ccc(N=Nc3ccc([N+](=O)[O-])cc3)c(F)c2)CC1. The fourth-order valence-corrected chi connectivity index (χ4v) is 3.34. The van der Waals surface area contributed by atoms with E-state index in [1.807, 2.05) is 6.07 Å². The molecule has 0 amide bonds. The summed E-state index contributed by atoms with van der Waals surface area (Å²) in [6.45, 7) is 7.10. The highest BCUT2D eigenvalue weighted by atomic mass is 19.1. The summed E-state index contributed by atoms with van der Waals surface area (Å²) >= 11 is 0. The molecule has 29 heavy (non-hydrogen) atoms. The van der Waals surface area contributed by atoms with Gasteiger partial charge in [-0.1, -0.05) is 19.8 Å². The van der Waals surface area contributed by atoms with Crippen molar-refractivity contribution in [3.63, 3.8) is 0 Å². The molecule has 0 saturated carbocycles. The van der Waals surface area contributed by atoms with E-state index in [1.165, 1.54) is 49.6 Å². The van der Waals surface area contributed by atoms with Gasteiger partial charge in [0.05, 0.1) is 10.6 Å². The van der Waals surface area contributed by atoms with Crippen LogP contribution >= 0.6 is 0 Å². The normalized spacial score (nSPS) is 15.2. The van der Waals surface area contributed by atoms with E-state index >= 15 is 0 Å². The summed E-state index contributed by atoms with van der Waals surface area (Å²) < 4.78 is 14.5. The first-order valence-corrected chi connectivity index (χ1v) is 10.00. The van der Waals surface area contributed by atoms with Crippen LogP contribution in [0.5, 0.6) is 0 Å². The van der Waals surface area contributed by atoms with Crippen molar-refractivity contribution in [2.24, 2.45) is 10.2 Å². The minimum absolute atomic E-state index is 0.0232. The van der Waals surface area contributed by atoms with Gasteiger partial charge in [-0.2, -0.15) is 5.11 Å². The first-order chi connectivity index (χ1) is 14.1. The average Bonchev–Trinajstić information content (AvgIpc) is 2.74. The van der Waals surface area contributed by atoms with Gasteiger partial charge in [-0.15, -0.1) is 5.11 Å². The van der Waals surface area contributed by atoms with Gasteiger partial charge >= 0.3 is 0 Å². The Morgan fingerprint density at radius 1 is 1.03 bits per heavy atom. The quantitative estimate of drug-likeness (QED) is 0.256. The molecule has 0 unspecified atom stereocenters. The molecule has 0 atom stereocenters. The van der Waals surface area contributed by atoms with E-state index < -0.39 is 10.7 Å². The maximum atomic E-state index is 14.5. The van der Waals surface area contributed by atoms with E-state index in [0.29, 0.717) is 5.69 Å². The number of unbranched alkanes of at least 4 members (excludes halogenated alkanes) is 2. The molecule has 1 aliphatic rings. The Kier molecular flexibility index (Phi) is 7.24. The van der Waals surface area contributed by atoms with Crippen molar-refractivity contribution in [3.05, 3.63) is 58.4 Å². The largest absolute Gasteiger partial charge is 0.369 e. The highest BCUT2D eigenvalue weighted by Crippen LogP contribution is 2.27. The second-order valence-electron chi connectivity index (χ2n) is 7.15. The van der Waals surface area contributed by atoms with E-state index in [4.69, 9.17) is 0 Å². The van der Waals surface area contributed by atoms with E-state index in [-0.39, 0.29) is 11.4 Å². The summed E-state index contributed by atoms with van der Waals surface area (Å²) in [5, 5.41) is 18.6. The molecular formula is C21H26FN5O2. The molecule has 0 spiro atoms. The van der Waals surface area contributed by atoms with E-state index in [0.717, 1.165) is 38.4 Å². The number of piperazine rings is 1. The number of nitrogens with zero attached hydrogens (tertiary/aromatic N) is 5. The number of nitro benzene ring substituents is 1. The monoisotopic (exact) mass is 399 g/mol. The molecule has 0 N–H and O–H groups in total. The van der Waals surface area contributed by atoms with Crippen molar-refractivity contribution >= 4 is 22.7 Å². The number of azo groups is 1. The maximum absolute atomic E-state index is 14.5. The minimum atomic E-state index is -0.482. The summed E-state index contributed by atoms with van der Waals surface area (Å²) in [5.74, 6) is -0.432. The number of benzene rings is 2. The van der Waals surface area contributed by atoms with Gasteiger partial charge in [0.2, 0.25) is 0 Å². The molecule has 1 aliphatic heterocycles. The Balaban J connectivity index is 1.58. The van der Waals surface area contributed by atoms with Crippen LogP contribution in [0.15, 0.2) is 52.7 Å². The minimum Gasteiger partial charge on any atom is -0.369 e. The van der Waals surface area contributed by atoms with Gasteiger partial charge in [0, 0.05) is 44.0 Å². The van der Waals surface area contributed by atoms with Crippen LogP contribution in [0.2, 0.25) is 0 Å². The van der Waals surface area contributed by atoms with Gasteiger partial charge in [-0.25, -0.2) is 4.39 Å². The Bertz CT molecular complexity index is 849. The molecule has 0 bridgehead atoms. The Hall–Kier alpha value is -2.87. The third-order valence-electron chi connectivity index (χ3n) is 5.08. The second-order valence-corrected chi connectivity index (χ2v) is 7.15. The van der Waals surface area contributed by atoms with Crippen LogP contribution in [0.1, 0.15) is 26.2 Å². The van der Waals surface area contributed by atoms with Crippen molar-refractivity contribution < 1.29 is 9.31 Å². The lowest BCUT2D eigenvalue weighted by molar-refractivity contribution is -0.384. The van der Waals surface area contributed by atoms with Crippen LogP contribution in [0.4, 0.5) is 27.1 Å². The molecule has 1 fully saturated rings. The van der Waals surface area contributed by atoms with Crippen LogP contribution < -0.4 is 4.90 Å². The number of anilines is 1. The predicted molar refractivity (Wildman–Crippen MR) is 112 cm³/mol. The number of nitro groups is 1. The number of non-ortho nitro benzene ring substituents is 1. The van der Waals surface area contributed by atoms with Crippen LogP contribution in [0.3, 0.4) is 0 Å². The van der Waals surface area contributed by atoms with Gasteiger partial charge < -0.3 is 4.90 Å². The summed E-state index contributed by atoms with van der Waals surface area (Å²) in [6, 6.07) is 10.6. The Morgan fingerprint density at radius 2 is 1.76 bits per heavy atom. The van der Waals surface area contributed by atoms with Crippen LogP contribution in [-0.4, -0.2) is 42.5 Å². The molecule has 0 radical (unpaired) electrons. The smallest absolute Gasteiger partial charge is 0.269 e. The van der Waals surface area contributed by atoms with E-state index in [9.17, 15) is 14.5 Å². The zero-order valence-corrected chi connectivity index (χ0v) is 16.6. The van der Waals surface area contributed by atoms with Gasteiger partial charge in [-0.3, -0.25) is 15.0 Å². The number of hydrogen-bond acceptors (Lipinski definition) is 6. The topological polar surface area (TPSA) is 74.3 Å². The fourth-order valence-electron chi connectivity index (χ4n) is 3.34. The van der Waals surface area contributed by atoms with E-state index in [1.54, 1.807) is 6.07 Å². The summed E-state index contributed by atoms with van der Waals surface area (Å²) in [4.78, 5) is 14.8. The molecule has 2 aromatic carbocycles. The Morgan fingerprint density at radius 3 is 2.38 bits per heavy atom. The van der Waals surface area contributed by atoms with Crippen molar-refractivity contribution in [3.8, 4) is 0 Å². The second kappa shape index (κ2) is 10.1. The molecule has 0 aromatic heterocycles. The van der Waals surface area contributed by atoms with Crippen LogP contribution in [0.25, 0.3) is 0 Å². The summed E-state index contributed by atoms with van der Waals surface area (Å²) in [5.41, 5.74) is 1.40. The van der Waals surface area contributed by atoms with Gasteiger partial charge in [0.15, 0.2) is 5.82 Å². The standard InChI is InChI=1S/C21H26FN5O2/c1-2-3-4-11-25-12-14-26(15-13-25)19-9-10-21(20(22)16-19)24-23-17-5-7-18(8-6-17)27(28)29/h5-10,16H,2-4,11-15H2,1H3. The van der Waals surface area contributed by atoms with Crippen molar-refractivity contribution in [1.82, 2.24) is 4.90 Å². The molecule has 3 rings (SSSR count). The zero-order chi connectivity index (χ0) is 20.6. The van der Waals surface area contributed by atoms with Crippen LogP contribution in [0, 0.1) is 15.9 Å². The summed E-state index contributed by atoms with van der Waals surface area (Å²) in [6.07, 6.45) is 3.73. The molecule has 1 saturated heterocycles. The van der Waals surface area contributed by atoms with E-state index in [2.05, 4.69) is 27.0 Å². The molecule has 2 aromatic rings. The zero-order valence-electron chi connectivity index (χ0n) is 16.6. The van der Waals surface area contributed by atoms with Crippen molar-refractivity contribution in [2.75, 3.05) is 37.6 Å². The van der Waals surface area contributed by atoms with Crippen molar-refractivity contribution in [1.29, 1.82) is 0 Å². The van der Waals surface area contributed by atoms with Gasteiger partial charge in [-0.05, 0) is 43.3 Å². The number of hydrogen-bond donors (Lipinski definition) is 0. The predicted octanol–water partition coefficient (Wildman–Crippen LogP) is 5.46. The fraction of sp³-hybridized carbons (Fsp3) is 0.429. The lowest BCUT2D eigenvalue weighted by atomic mass is 10.2. The van der Waals surface area contributed by atoms with Gasteiger partial charge in [0.25, 0.3) is 5.69 Å². The molecule has 154 valence electrons. The maximum Gasteiger partial charge on any atom is 0.269 e. The van der Waals surface area contributed by atoms with Gasteiger partial charge in [0.1, 0.15) is 5.69 Å².